The van der Waals surface area contributed by atoms with Crippen molar-refractivity contribution >= 4 is 24.1 Å². The molecule has 0 spiro atoms. The van der Waals surface area contributed by atoms with E-state index >= 15 is 0 Å². The van der Waals surface area contributed by atoms with Crippen LogP contribution in [0.25, 0.3) is 0 Å². The van der Waals surface area contributed by atoms with E-state index in [9.17, 15) is 10.2 Å². The second-order valence-electron chi connectivity index (χ2n) is 6.57. The number of nitrogens with zero attached hydrogens (tertiary/aromatic N) is 6. The van der Waals surface area contributed by atoms with Crippen LogP contribution in [0.3, 0.4) is 0 Å². The van der Waals surface area contributed by atoms with Crippen LogP contribution in [0.5, 0.6) is 11.5 Å². The van der Waals surface area contributed by atoms with Crippen molar-refractivity contribution in [1.29, 1.82) is 0 Å². The molecule has 2 saturated heterocycles. The average molecular weight is 401 g/mol. The van der Waals surface area contributed by atoms with Crippen LogP contribution in [0, 0.1) is 0 Å². The summed E-state index contributed by atoms with van der Waals surface area (Å²) in [6.45, 7) is 5.32. The lowest BCUT2D eigenvalue weighted by Gasteiger charge is -2.30. The van der Waals surface area contributed by atoms with Gasteiger partial charge in [0.2, 0.25) is 17.8 Å². The number of anilines is 3. The minimum absolute atomic E-state index is 0.0182. The summed E-state index contributed by atoms with van der Waals surface area (Å²) in [5.41, 5.74) is 3.26. The Morgan fingerprint density at radius 2 is 1.48 bits per heavy atom. The maximum absolute atomic E-state index is 9.86. The number of morpholine rings is 2. The van der Waals surface area contributed by atoms with E-state index in [1.807, 2.05) is 0 Å². The number of phenols is 2. The van der Waals surface area contributed by atoms with Crippen molar-refractivity contribution in [2.45, 2.75) is 0 Å². The van der Waals surface area contributed by atoms with Gasteiger partial charge >= 0.3 is 0 Å². The highest BCUT2D eigenvalue weighted by Gasteiger charge is 2.20. The number of aromatic hydroxyl groups is 2. The number of ether oxygens (including phenoxy) is 2. The lowest BCUT2D eigenvalue weighted by atomic mass is 10.2. The van der Waals surface area contributed by atoms with Gasteiger partial charge in [0.15, 0.2) is 0 Å². The third-order valence-corrected chi connectivity index (χ3v) is 4.58. The molecular formula is C18H23N7O4. The highest BCUT2D eigenvalue weighted by Crippen LogP contribution is 2.21. The Labute approximate surface area is 167 Å². The van der Waals surface area contributed by atoms with Gasteiger partial charge in [-0.1, -0.05) is 0 Å². The smallest absolute Gasteiger partial charge is 0.250 e. The third-order valence-electron chi connectivity index (χ3n) is 4.58. The van der Waals surface area contributed by atoms with Gasteiger partial charge in [-0.25, -0.2) is 5.43 Å². The molecule has 0 amide bonds. The maximum atomic E-state index is 9.86. The summed E-state index contributed by atoms with van der Waals surface area (Å²) in [7, 11) is 0. The fourth-order valence-electron chi connectivity index (χ4n) is 3.01. The number of hydrazone groups is 1. The van der Waals surface area contributed by atoms with Gasteiger partial charge in [-0.3, -0.25) is 0 Å². The molecule has 0 atom stereocenters. The van der Waals surface area contributed by atoms with E-state index in [0.29, 0.717) is 76.0 Å². The van der Waals surface area contributed by atoms with Crippen molar-refractivity contribution in [2.24, 2.45) is 5.10 Å². The monoisotopic (exact) mass is 401 g/mol. The molecule has 3 heterocycles. The van der Waals surface area contributed by atoms with E-state index in [0.717, 1.165) is 0 Å². The summed E-state index contributed by atoms with van der Waals surface area (Å²) in [4.78, 5) is 17.7. The first-order valence-corrected chi connectivity index (χ1v) is 9.41. The number of benzene rings is 1. The van der Waals surface area contributed by atoms with E-state index in [1.165, 1.54) is 18.3 Å². The molecule has 1 aromatic carbocycles. The number of aromatic nitrogens is 3. The minimum atomic E-state index is -0.0748. The lowest BCUT2D eigenvalue weighted by molar-refractivity contribution is 0.121. The Hall–Kier alpha value is -3.18. The van der Waals surface area contributed by atoms with Crippen molar-refractivity contribution in [3.05, 3.63) is 23.8 Å². The van der Waals surface area contributed by atoms with Crippen molar-refractivity contribution in [3.63, 3.8) is 0 Å². The van der Waals surface area contributed by atoms with Crippen molar-refractivity contribution in [2.75, 3.05) is 67.8 Å². The second-order valence-corrected chi connectivity index (χ2v) is 6.57. The van der Waals surface area contributed by atoms with E-state index in [4.69, 9.17) is 9.47 Å². The van der Waals surface area contributed by atoms with E-state index < -0.39 is 0 Å². The molecule has 11 nitrogen and oxygen atoms in total. The Morgan fingerprint density at radius 3 is 2.03 bits per heavy atom. The molecule has 0 saturated carbocycles. The zero-order valence-corrected chi connectivity index (χ0v) is 15.9. The minimum Gasteiger partial charge on any atom is -0.508 e. The molecule has 0 aliphatic carbocycles. The molecule has 11 heteroatoms. The molecule has 4 rings (SSSR count). The fourth-order valence-corrected chi connectivity index (χ4v) is 3.01. The predicted molar refractivity (Wildman–Crippen MR) is 107 cm³/mol. The third kappa shape index (κ3) is 4.81. The lowest BCUT2D eigenvalue weighted by Crippen LogP contribution is -2.40. The topological polar surface area (TPSA) is 128 Å². The summed E-state index contributed by atoms with van der Waals surface area (Å²) >= 11 is 0. The van der Waals surface area contributed by atoms with Crippen LogP contribution >= 0.6 is 0 Å². The Balaban J connectivity index is 1.56. The largest absolute Gasteiger partial charge is 0.508 e. The number of phenolic OH excluding ortho intramolecular Hbond substituents is 2. The molecule has 2 aliphatic heterocycles. The zero-order valence-electron chi connectivity index (χ0n) is 15.9. The average Bonchev–Trinajstić information content (AvgIpc) is 2.76. The summed E-state index contributed by atoms with van der Waals surface area (Å²) < 4.78 is 10.8. The first kappa shape index (κ1) is 19.2. The van der Waals surface area contributed by atoms with Gasteiger partial charge in [0.25, 0.3) is 0 Å². The highest BCUT2D eigenvalue weighted by atomic mass is 16.5. The summed E-state index contributed by atoms with van der Waals surface area (Å²) in [6, 6.07) is 4.27. The normalized spacial score (nSPS) is 17.7. The standard InChI is InChI=1S/C18H23N7O4/c26-14-2-1-13(15(27)11-14)12-19-23-16-20-17(24-3-7-28-8-4-24)22-18(21-16)25-5-9-29-10-6-25/h1-2,11-12,26-27H,3-10H2,(H,20,21,22,23)/b19-12+. The SMILES string of the molecule is Oc1ccc(/C=N/Nc2nc(N3CCOCC3)nc(N3CCOCC3)n2)c(O)c1. The number of rotatable bonds is 5. The quantitative estimate of drug-likeness (QED) is 0.478. The van der Waals surface area contributed by atoms with Crippen molar-refractivity contribution < 1.29 is 19.7 Å². The predicted octanol–water partition coefficient (Wildman–Crippen LogP) is 0.402. The van der Waals surface area contributed by atoms with Crippen LogP contribution in [0.4, 0.5) is 17.8 Å². The highest BCUT2D eigenvalue weighted by molar-refractivity contribution is 5.84. The molecule has 3 N–H and O–H groups in total. The van der Waals surface area contributed by atoms with E-state index in [1.54, 1.807) is 6.07 Å². The molecule has 2 aromatic rings. The Bertz CT molecular complexity index is 831. The fraction of sp³-hybridized carbons (Fsp3) is 0.444. The van der Waals surface area contributed by atoms with Gasteiger partial charge in [-0.2, -0.15) is 20.1 Å². The first-order chi connectivity index (χ1) is 14.2. The van der Waals surface area contributed by atoms with Gasteiger partial charge in [0.1, 0.15) is 11.5 Å². The van der Waals surface area contributed by atoms with Gasteiger partial charge in [0.05, 0.1) is 32.6 Å². The molecule has 1 aromatic heterocycles. The summed E-state index contributed by atoms with van der Waals surface area (Å²) in [5.74, 6) is 1.34. The molecular weight excluding hydrogens is 378 g/mol. The zero-order chi connectivity index (χ0) is 20.1. The van der Waals surface area contributed by atoms with Crippen molar-refractivity contribution in [3.8, 4) is 11.5 Å². The maximum Gasteiger partial charge on any atom is 0.250 e. The Kier molecular flexibility index (Phi) is 5.86. The summed E-state index contributed by atoms with van der Waals surface area (Å²) in [5, 5.41) is 23.4. The molecule has 2 aliphatic rings. The molecule has 0 bridgehead atoms. The van der Waals surface area contributed by atoms with Crippen LogP contribution < -0.4 is 15.2 Å². The van der Waals surface area contributed by atoms with Crippen LogP contribution in [0.2, 0.25) is 0 Å². The Morgan fingerprint density at radius 1 is 0.897 bits per heavy atom. The van der Waals surface area contributed by atoms with Crippen LogP contribution in [0.1, 0.15) is 5.56 Å². The van der Waals surface area contributed by atoms with E-state index in [2.05, 4.69) is 35.3 Å². The number of hydrogen-bond acceptors (Lipinski definition) is 11. The van der Waals surface area contributed by atoms with Gasteiger partial charge in [-0.15, -0.1) is 0 Å². The summed E-state index contributed by atoms with van der Waals surface area (Å²) in [6.07, 6.45) is 1.43. The van der Waals surface area contributed by atoms with Crippen LogP contribution in [0.15, 0.2) is 23.3 Å². The van der Waals surface area contributed by atoms with Crippen LogP contribution in [-0.2, 0) is 9.47 Å². The van der Waals surface area contributed by atoms with Crippen LogP contribution in [-0.4, -0.2) is 84.0 Å². The van der Waals surface area contributed by atoms with E-state index in [-0.39, 0.29) is 11.5 Å². The van der Waals surface area contributed by atoms with Gasteiger partial charge in [-0.05, 0) is 12.1 Å². The first-order valence-electron chi connectivity index (χ1n) is 9.41. The molecule has 2 fully saturated rings. The molecule has 0 unspecified atom stereocenters. The van der Waals surface area contributed by atoms with Gasteiger partial charge in [0, 0.05) is 37.8 Å². The van der Waals surface area contributed by atoms with Crippen molar-refractivity contribution in [1.82, 2.24) is 15.0 Å². The number of hydrogen-bond donors (Lipinski definition) is 3. The molecule has 0 radical (unpaired) electrons. The number of nitrogens with one attached hydrogen (secondary N) is 1. The second kappa shape index (κ2) is 8.88. The van der Waals surface area contributed by atoms with Gasteiger partial charge < -0.3 is 29.5 Å². The molecule has 154 valence electrons. The molecule has 29 heavy (non-hydrogen) atoms.